The molecule has 0 heterocycles. The van der Waals surface area contributed by atoms with Crippen LogP contribution in [0.5, 0.6) is 0 Å². The van der Waals surface area contributed by atoms with Crippen molar-refractivity contribution in [1.29, 1.82) is 0 Å². The first-order valence-corrected chi connectivity index (χ1v) is 8.03. The average molecular weight is 292 g/mol. The number of allylic oxidation sites excluding steroid dienone is 3. The van der Waals surface area contributed by atoms with E-state index in [0.717, 1.165) is 24.8 Å². The van der Waals surface area contributed by atoms with Crippen molar-refractivity contribution in [3.05, 3.63) is 65.8 Å². The second kappa shape index (κ2) is 5.06. The van der Waals surface area contributed by atoms with Gasteiger partial charge in [-0.25, -0.2) is 0 Å². The van der Waals surface area contributed by atoms with Crippen molar-refractivity contribution in [2.24, 2.45) is 17.3 Å². The molecule has 22 heavy (non-hydrogen) atoms. The minimum atomic E-state index is -0.796. The highest BCUT2D eigenvalue weighted by Gasteiger charge is 2.55. The predicted octanol–water partition coefficient (Wildman–Crippen LogP) is 3.54. The number of fused-ring (bicyclic) bond motifs is 3. The number of rotatable bonds is 3. The summed E-state index contributed by atoms with van der Waals surface area (Å²) < 4.78 is 0. The highest BCUT2D eigenvalue weighted by Crippen LogP contribution is 2.58. The fourth-order valence-corrected chi connectivity index (χ4v) is 4.34. The second-order valence-electron chi connectivity index (χ2n) is 6.75. The molecule has 0 aliphatic heterocycles. The average Bonchev–Trinajstić information content (AvgIpc) is 3.23. The van der Waals surface area contributed by atoms with Gasteiger partial charge in [-0.2, -0.15) is 0 Å². The lowest BCUT2D eigenvalue weighted by Crippen LogP contribution is -2.34. The summed E-state index contributed by atoms with van der Waals surface area (Å²) in [5.74, 6) is 1.12. The van der Waals surface area contributed by atoms with Gasteiger partial charge in [-0.15, -0.1) is 0 Å². The highest BCUT2D eigenvalue weighted by atomic mass is 16.3. The smallest absolute Gasteiger partial charge is 0.168 e. The van der Waals surface area contributed by atoms with E-state index < -0.39 is 6.10 Å². The Balaban J connectivity index is 1.51. The van der Waals surface area contributed by atoms with Crippen molar-refractivity contribution in [1.82, 2.24) is 0 Å². The molecule has 2 heteroatoms. The summed E-state index contributed by atoms with van der Waals surface area (Å²) in [6.45, 7) is 0. The van der Waals surface area contributed by atoms with Crippen LogP contribution in [0, 0.1) is 17.3 Å². The van der Waals surface area contributed by atoms with Crippen LogP contribution in [-0.2, 0) is 4.79 Å². The van der Waals surface area contributed by atoms with E-state index in [4.69, 9.17) is 0 Å². The van der Waals surface area contributed by atoms with Gasteiger partial charge in [0.1, 0.15) is 6.10 Å². The zero-order chi connectivity index (χ0) is 15.2. The number of aliphatic hydroxyl groups is 1. The molecule has 1 N–H and O–H groups in total. The topological polar surface area (TPSA) is 37.3 Å². The molecule has 1 fully saturated rings. The van der Waals surface area contributed by atoms with Crippen molar-refractivity contribution >= 4 is 11.9 Å². The van der Waals surface area contributed by atoms with Gasteiger partial charge in [-0.1, -0.05) is 60.7 Å². The summed E-state index contributed by atoms with van der Waals surface area (Å²) in [6.07, 6.45) is 12.1. The zero-order valence-corrected chi connectivity index (χ0v) is 12.5. The SMILES string of the molecule is O=C1C(C(O)/C=C/c2ccccc2)=CCC12C[C@H]1C=C[C@@H]2C1. The predicted molar refractivity (Wildman–Crippen MR) is 87.0 cm³/mol. The number of aliphatic hydroxyl groups excluding tert-OH is 1. The molecule has 1 aromatic carbocycles. The van der Waals surface area contributed by atoms with Crippen LogP contribution in [-0.4, -0.2) is 17.0 Å². The van der Waals surface area contributed by atoms with E-state index in [-0.39, 0.29) is 11.2 Å². The maximum atomic E-state index is 12.9. The van der Waals surface area contributed by atoms with E-state index in [1.807, 2.05) is 42.5 Å². The first kappa shape index (κ1) is 13.7. The number of benzene rings is 1. The number of hydrogen-bond donors (Lipinski definition) is 1. The molecule has 3 aliphatic rings. The highest BCUT2D eigenvalue weighted by molar-refractivity contribution is 6.04. The maximum absolute atomic E-state index is 12.9. The van der Waals surface area contributed by atoms with Crippen LogP contribution in [0.2, 0.25) is 0 Å². The Hall–Kier alpha value is -1.93. The molecule has 1 spiro atoms. The number of carbonyl (C=O) groups is 1. The van der Waals surface area contributed by atoms with Crippen molar-refractivity contribution in [2.75, 3.05) is 0 Å². The lowest BCUT2D eigenvalue weighted by molar-refractivity contribution is -0.125. The van der Waals surface area contributed by atoms with Crippen LogP contribution in [0.4, 0.5) is 0 Å². The summed E-state index contributed by atoms with van der Waals surface area (Å²) >= 11 is 0. The number of carbonyl (C=O) groups excluding carboxylic acids is 1. The number of hydrogen-bond acceptors (Lipinski definition) is 2. The Labute approximate surface area is 130 Å². The van der Waals surface area contributed by atoms with E-state index in [1.54, 1.807) is 6.08 Å². The Morgan fingerprint density at radius 3 is 2.73 bits per heavy atom. The first-order valence-electron chi connectivity index (χ1n) is 8.03. The summed E-state index contributed by atoms with van der Waals surface area (Å²) in [4.78, 5) is 12.9. The monoisotopic (exact) mass is 292 g/mol. The molecule has 0 saturated heterocycles. The van der Waals surface area contributed by atoms with Gasteiger partial charge in [0.15, 0.2) is 5.78 Å². The lowest BCUT2D eigenvalue weighted by atomic mass is 9.72. The Morgan fingerprint density at radius 1 is 1.23 bits per heavy atom. The Morgan fingerprint density at radius 2 is 2.05 bits per heavy atom. The molecule has 2 unspecified atom stereocenters. The van der Waals surface area contributed by atoms with Gasteiger partial charge in [0.25, 0.3) is 0 Å². The number of Topliss-reactive ketones (excluding diaryl/α,β-unsaturated/α-hetero) is 1. The van der Waals surface area contributed by atoms with Crippen molar-refractivity contribution < 1.29 is 9.90 Å². The quantitative estimate of drug-likeness (QED) is 0.865. The van der Waals surface area contributed by atoms with Gasteiger partial charge >= 0.3 is 0 Å². The van der Waals surface area contributed by atoms with Crippen LogP contribution in [0.15, 0.2) is 60.2 Å². The number of ketones is 1. The molecule has 0 radical (unpaired) electrons. The third-order valence-electron chi connectivity index (χ3n) is 5.50. The van der Waals surface area contributed by atoms with Crippen LogP contribution in [0.1, 0.15) is 24.8 Å². The van der Waals surface area contributed by atoms with E-state index in [0.29, 0.717) is 17.4 Å². The minimum Gasteiger partial charge on any atom is -0.384 e. The fourth-order valence-electron chi connectivity index (χ4n) is 4.34. The van der Waals surface area contributed by atoms with E-state index in [9.17, 15) is 9.90 Å². The summed E-state index contributed by atoms with van der Waals surface area (Å²) in [5.41, 5.74) is 1.38. The summed E-state index contributed by atoms with van der Waals surface area (Å²) in [5, 5.41) is 10.4. The van der Waals surface area contributed by atoms with Gasteiger partial charge in [-0.05, 0) is 36.7 Å². The molecular weight excluding hydrogens is 272 g/mol. The lowest BCUT2D eigenvalue weighted by Gasteiger charge is -2.30. The van der Waals surface area contributed by atoms with Crippen LogP contribution >= 0.6 is 0 Å². The molecular formula is C20H20O2. The van der Waals surface area contributed by atoms with E-state index >= 15 is 0 Å². The maximum Gasteiger partial charge on any atom is 0.168 e. The molecule has 2 bridgehead atoms. The van der Waals surface area contributed by atoms with Gasteiger partial charge in [-0.3, -0.25) is 4.79 Å². The van der Waals surface area contributed by atoms with Crippen molar-refractivity contribution in [3.63, 3.8) is 0 Å². The molecule has 0 aromatic heterocycles. The fraction of sp³-hybridized carbons (Fsp3) is 0.350. The zero-order valence-electron chi connectivity index (χ0n) is 12.5. The molecule has 1 aromatic rings. The van der Waals surface area contributed by atoms with Gasteiger partial charge in [0.2, 0.25) is 0 Å². The summed E-state index contributed by atoms with van der Waals surface area (Å²) in [6, 6.07) is 9.85. The second-order valence-corrected chi connectivity index (χ2v) is 6.75. The van der Waals surface area contributed by atoms with Crippen LogP contribution in [0.3, 0.4) is 0 Å². The van der Waals surface area contributed by atoms with Gasteiger partial charge < -0.3 is 5.11 Å². The molecule has 112 valence electrons. The first-order chi connectivity index (χ1) is 10.7. The van der Waals surface area contributed by atoms with Gasteiger partial charge in [0, 0.05) is 11.0 Å². The normalized spacial score (nSPS) is 34.0. The Bertz CT molecular complexity index is 683. The molecule has 4 atom stereocenters. The van der Waals surface area contributed by atoms with Gasteiger partial charge in [0.05, 0.1) is 0 Å². The standard InChI is InChI=1S/C20H20O2/c21-18(9-7-14-4-2-1-3-5-14)17-10-11-20(19(17)22)13-15-6-8-16(20)12-15/h1-10,15-16,18,21H,11-13H2/b9-7+/t15-,16+,18?,20?/m0/s1. The Kier molecular flexibility index (Phi) is 3.16. The van der Waals surface area contributed by atoms with Crippen molar-refractivity contribution in [3.8, 4) is 0 Å². The molecule has 4 rings (SSSR count). The summed E-state index contributed by atoms with van der Waals surface area (Å²) in [7, 11) is 0. The molecule has 0 amide bonds. The van der Waals surface area contributed by atoms with E-state index in [1.165, 1.54) is 0 Å². The van der Waals surface area contributed by atoms with Crippen LogP contribution < -0.4 is 0 Å². The molecule has 1 saturated carbocycles. The third kappa shape index (κ3) is 2.02. The molecule has 3 aliphatic carbocycles. The largest absolute Gasteiger partial charge is 0.384 e. The molecule has 2 nitrogen and oxygen atoms in total. The van der Waals surface area contributed by atoms with Crippen molar-refractivity contribution in [2.45, 2.75) is 25.4 Å². The van der Waals surface area contributed by atoms with Crippen LogP contribution in [0.25, 0.3) is 6.08 Å². The minimum absolute atomic E-state index is 0.176. The van der Waals surface area contributed by atoms with E-state index in [2.05, 4.69) is 12.2 Å². The third-order valence-corrected chi connectivity index (χ3v) is 5.50.